The molecular formula is C28H30N4O3. The number of nitrogens with two attached hydrogens (primary N) is 1. The number of benzene rings is 2. The van der Waals surface area contributed by atoms with Crippen molar-refractivity contribution in [2.45, 2.75) is 46.4 Å². The maximum Gasteiger partial charge on any atom is 0.307 e. The van der Waals surface area contributed by atoms with E-state index in [0.29, 0.717) is 17.8 Å². The van der Waals surface area contributed by atoms with Gasteiger partial charge in [0.25, 0.3) is 0 Å². The van der Waals surface area contributed by atoms with Gasteiger partial charge in [-0.2, -0.15) is 10.4 Å². The van der Waals surface area contributed by atoms with Crippen molar-refractivity contribution in [3.8, 4) is 17.2 Å². The highest BCUT2D eigenvalue weighted by molar-refractivity contribution is 5.87. The fourth-order valence-electron chi connectivity index (χ4n) is 3.90. The van der Waals surface area contributed by atoms with E-state index in [1.165, 1.54) is 6.08 Å². The molecule has 7 nitrogen and oxygen atoms in total. The summed E-state index contributed by atoms with van der Waals surface area (Å²) in [6.07, 6.45) is 2.70. The summed E-state index contributed by atoms with van der Waals surface area (Å²) in [4.78, 5) is 11.4. The molecule has 0 radical (unpaired) electrons. The zero-order chi connectivity index (χ0) is 25.5. The van der Waals surface area contributed by atoms with Gasteiger partial charge in [0.15, 0.2) is 0 Å². The first-order valence-corrected chi connectivity index (χ1v) is 11.4. The van der Waals surface area contributed by atoms with E-state index in [1.807, 2.05) is 28.9 Å². The van der Waals surface area contributed by atoms with Crippen LogP contribution in [0.2, 0.25) is 0 Å². The molecule has 0 aliphatic carbocycles. The highest BCUT2D eigenvalue weighted by Crippen LogP contribution is 2.30. The molecule has 3 aromatic rings. The smallest absolute Gasteiger partial charge is 0.307 e. The first-order chi connectivity index (χ1) is 16.8. The molecule has 3 N–H and O–H groups in total. The van der Waals surface area contributed by atoms with Gasteiger partial charge < -0.3 is 15.6 Å². The minimum absolute atomic E-state index is 0.0633. The molecule has 1 heterocycles. The van der Waals surface area contributed by atoms with Gasteiger partial charge in [-0.05, 0) is 55.7 Å². The molecule has 0 saturated heterocycles. The number of aromatic nitrogens is 2. The standard InChI is InChI=1S/C28H30N4O3/c1-5-20(14-27(33)34)28(21(6-2)16-30)35-17-25-24-13-23(22-9-7-8-19(12-22)15-29)10-11-26(24)32(31-25)18(3)4/h5-13,18H,1,14-15,17,29H2,2-4H3,(H,33,34)/b21-6-,28-20-. The Balaban J connectivity index is 2.09. The van der Waals surface area contributed by atoms with Crippen LogP contribution in [-0.2, 0) is 22.7 Å². The number of hydrogen-bond donors (Lipinski definition) is 2. The van der Waals surface area contributed by atoms with Crippen molar-refractivity contribution >= 4 is 16.9 Å². The molecule has 180 valence electrons. The van der Waals surface area contributed by atoms with Gasteiger partial charge in [-0.1, -0.05) is 43.0 Å². The number of nitrogens with zero attached hydrogens (tertiary/aromatic N) is 3. The molecule has 3 rings (SSSR count). The molecule has 0 unspecified atom stereocenters. The summed E-state index contributed by atoms with van der Waals surface area (Å²) in [5.74, 6) is -0.834. The van der Waals surface area contributed by atoms with Crippen LogP contribution < -0.4 is 5.73 Å². The number of carbonyl (C=O) groups is 1. The Morgan fingerprint density at radius 3 is 2.63 bits per heavy atom. The zero-order valence-electron chi connectivity index (χ0n) is 20.3. The quantitative estimate of drug-likeness (QED) is 0.225. The fourth-order valence-corrected chi connectivity index (χ4v) is 3.90. The van der Waals surface area contributed by atoms with Crippen LogP contribution in [0.1, 0.15) is 44.5 Å². The van der Waals surface area contributed by atoms with Crippen LogP contribution >= 0.6 is 0 Å². The summed E-state index contributed by atoms with van der Waals surface area (Å²) in [6, 6.07) is 16.5. The SMILES string of the molecule is C=C/C(CC(=O)O)=C(OCc1nn(C(C)C)c2ccc(-c3cccc(CN)c3)cc12)\C(C#N)=C/C. The Hall–Kier alpha value is -4.15. The number of nitriles is 1. The minimum atomic E-state index is -1.03. The van der Waals surface area contributed by atoms with E-state index in [-0.39, 0.29) is 30.4 Å². The van der Waals surface area contributed by atoms with Crippen molar-refractivity contribution in [2.24, 2.45) is 5.73 Å². The summed E-state index contributed by atoms with van der Waals surface area (Å²) < 4.78 is 8.01. The van der Waals surface area contributed by atoms with Crippen molar-refractivity contribution in [2.75, 3.05) is 0 Å². The normalized spacial score (nSPS) is 12.4. The molecule has 0 saturated carbocycles. The second kappa shape index (κ2) is 11.3. The lowest BCUT2D eigenvalue weighted by Crippen LogP contribution is -2.06. The van der Waals surface area contributed by atoms with Crippen LogP contribution in [0, 0.1) is 11.3 Å². The highest BCUT2D eigenvalue weighted by atomic mass is 16.5. The Kier molecular flexibility index (Phi) is 8.24. The molecular weight excluding hydrogens is 440 g/mol. The maximum absolute atomic E-state index is 11.4. The molecule has 1 aromatic heterocycles. The zero-order valence-corrected chi connectivity index (χ0v) is 20.3. The third-order valence-electron chi connectivity index (χ3n) is 5.65. The van der Waals surface area contributed by atoms with Gasteiger partial charge in [0.05, 0.1) is 17.5 Å². The third kappa shape index (κ3) is 5.68. The van der Waals surface area contributed by atoms with Gasteiger partial charge in [-0.25, -0.2) is 0 Å². The number of allylic oxidation sites excluding steroid dienone is 3. The molecule has 0 fully saturated rings. The second-order valence-electron chi connectivity index (χ2n) is 8.35. The van der Waals surface area contributed by atoms with Crippen LogP contribution in [0.5, 0.6) is 0 Å². The molecule has 0 atom stereocenters. The van der Waals surface area contributed by atoms with Crippen molar-refractivity contribution in [1.82, 2.24) is 9.78 Å². The topological polar surface area (TPSA) is 114 Å². The predicted molar refractivity (Wildman–Crippen MR) is 137 cm³/mol. The van der Waals surface area contributed by atoms with Crippen LogP contribution in [0.3, 0.4) is 0 Å². The first-order valence-electron chi connectivity index (χ1n) is 11.4. The second-order valence-corrected chi connectivity index (χ2v) is 8.35. The number of aliphatic carboxylic acids is 1. The van der Waals surface area contributed by atoms with Crippen molar-refractivity contribution in [3.63, 3.8) is 0 Å². The van der Waals surface area contributed by atoms with Gasteiger partial charge in [-0.3, -0.25) is 9.48 Å². The highest BCUT2D eigenvalue weighted by Gasteiger charge is 2.18. The molecule has 0 bridgehead atoms. The van der Waals surface area contributed by atoms with Crippen molar-refractivity contribution in [1.29, 1.82) is 5.26 Å². The van der Waals surface area contributed by atoms with Crippen molar-refractivity contribution in [3.05, 3.63) is 89.4 Å². The molecule has 0 aliphatic heterocycles. The first kappa shape index (κ1) is 25.5. The summed E-state index contributed by atoms with van der Waals surface area (Å²) in [7, 11) is 0. The Morgan fingerprint density at radius 2 is 2.03 bits per heavy atom. The van der Waals surface area contributed by atoms with Gasteiger partial charge >= 0.3 is 5.97 Å². The van der Waals surface area contributed by atoms with E-state index in [2.05, 4.69) is 44.7 Å². The minimum Gasteiger partial charge on any atom is -0.486 e. The van der Waals surface area contributed by atoms with Crippen molar-refractivity contribution < 1.29 is 14.6 Å². The predicted octanol–water partition coefficient (Wildman–Crippen LogP) is 5.64. The maximum atomic E-state index is 11.4. The van der Waals surface area contributed by atoms with E-state index in [1.54, 1.807) is 13.0 Å². The van der Waals surface area contributed by atoms with E-state index >= 15 is 0 Å². The molecule has 2 aromatic carbocycles. The van der Waals surface area contributed by atoms with Gasteiger partial charge in [-0.15, -0.1) is 0 Å². The molecule has 0 aliphatic rings. The third-order valence-corrected chi connectivity index (χ3v) is 5.65. The number of carboxylic acids is 1. The van der Waals surface area contributed by atoms with E-state index < -0.39 is 5.97 Å². The monoisotopic (exact) mass is 470 g/mol. The molecule has 35 heavy (non-hydrogen) atoms. The summed E-state index contributed by atoms with van der Waals surface area (Å²) in [6.45, 7) is 10.0. The van der Waals surface area contributed by atoms with E-state index in [9.17, 15) is 15.2 Å². The number of ether oxygens (including phenoxy) is 1. The molecule has 0 amide bonds. The molecule has 7 heteroatoms. The van der Waals surface area contributed by atoms with E-state index in [0.717, 1.165) is 27.6 Å². The van der Waals surface area contributed by atoms with Gasteiger partial charge in [0.1, 0.15) is 24.1 Å². The summed E-state index contributed by atoms with van der Waals surface area (Å²) in [5.41, 5.74) is 11.2. The van der Waals surface area contributed by atoms with Crippen LogP contribution in [-0.4, -0.2) is 20.9 Å². The summed E-state index contributed by atoms with van der Waals surface area (Å²) >= 11 is 0. The number of rotatable bonds is 10. The number of fused-ring (bicyclic) bond motifs is 1. The average molecular weight is 471 g/mol. The van der Waals surface area contributed by atoms with Crippen LogP contribution in [0.15, 0.2) is 78.1 Å². The Morgan fingerprint density at radius 1 is 1.29 bits per heavy atom. The Labute approximate surface area is 205 Å². The number of carboxylic acid groups (broad SMARTS) is 1. The van der Waals surface area contributed by atoms with Crippen LogP contribution in [0.25, 0.3) is 22.0 Å². The summed E-state index contributed by atoms with van der Waals surface area (Å²) in [5, 5.41) is 24.6. The van der Waals surface area contributed by atoms with E-state index in [4.69, 9.17) is 15.6 Å². The Bertz CT molecular complexity index is 1360. The molecule has 0 spiro atoms. The van der Waals surface area contributed by atoms with Gasteiger partial charge in [0, 0.05) is 23.5 Å². The van der Waals surface area contributed by atoms with Gasteiger partial charge in [0.2, 0.25) is 0 Å². The fraction of sp³-hybridized carbons (Fsp3) is 0.250. The number of hydrogen-bond acceptors (Lipinski definition) is 5. The lowest BCUT2D eigenvalue weighted by Gasteiger charge is -2.12. The average Bonchev–Trinajstić information content (AvgIpc) is 3.23. The van der Waals surface area contributed by atoms with Crippen LogP contribution in [0.4, 0.5) is 0 Å². The largest absolute Gasteiger partial charge is 0.486 e. The lowest BCUT2D eigenvalue weighted by molar-refractivity contribution is -0.136. The lowest BCUT2D eigenvalue weighted by atomic mass is 10.0.